The highest BCUT2D eigenvalue weighted by Gasteiger charge is 2.17. The number of nitrogens with zero attached hydrogens (tertiary/aromatic N) is 1. The van der Waals surface area contributed by atoms with Crippen LogP contribution >= 0.6 is 0 Å². The van der Waals surface area contributed by atoms with Crippen LogP contribution in [-0.2, 0) is 4.79 Å². The molecule has 0 saturated heterocycles. The van der Waals surface area contributed by atoms with Crippen LogP contribution in [0.2, 0.25) is 0 Å². The second-order valence-corrected chi connectivity index (χ2v) is 7.04. The molecule has 2 aromatic rings. The first kappa shape index (κ1) is 21.8. The number of benzene rings is 1. The van der Waals surface area contributed by atoms with Crippen LogP contribution < -0.4 is 10.1 Å². The molecule has 0 bridgehead atoms. The molecule has 1 aromatic carbocycles. The highest BCUT2D eigenvalue weighted by atomic mass is 19.1. The zero-order valence-corrected chi connectivity index (χ0v) is 16.5. The van der Waals surface area contributed by atoms with Crippen LogP contribution in [0, 0.1) is 5.82 Å². The van der Waals surface area contributed by atoms with Gasteiger partial charge in [0.2, 0.25) is 5.91 Å². The molecule has 1 atom stereocenters. The molecule has 6 heteroatoms. The van der Waals surface area contributed by atoms with Crippen molar-refractivity contribution in [3.63, 3.8) is 0 Å². The average Bonchev–Trinajstić information content (AvgIpc) is 2.71. The first-order valence-electron chi connectivity index (χ1n) is 9.75. The standard InChI is InChI=1S/C17H18FNO.C5H11NO2/c18-16-11-14(13-7-3-1-4-8-13)12-19-17(16)20-15-9-5-2-6-10-15;1-4(3-7)6-5(2)8/h1,3-4,7-8,11-12,15H,2,5-6,9-10H2;4,7H,3H2,1-2H3,(H,6,8)/t;4-/m.0/s1. The van der Waals surface area contributed by atoms with Crippen molar-refractivity contribution < 1.29 is 19.0 Å². The number of halogens is 1. The molecule has 0 unspecified atom stereocenters. The van der Waals surface area contributed by atoms with Crippen molar-refractivity contribution in [1.29, 1.82) is 0 Å². The number of aliphatic hydroxyl groups is 1. The van der Waals surface area contributed by atoms with Crippen LogP contribution in [0.5, 0.6) is 5.88 Å². The molecule has 1 heterocycles. The molecule has 5 nitrogen and oxygen atoms in total. The van der Waals surface area contributed by atoms with Gasteiger partial charge in [0.1, 0.15) is 6.10 Å². The van der Waals surface area contributed by atoms with Crippen molar-refractivity contribution in [3.8, 4) is 17.0 Å². The van der Waals surface area contributed by atoms with Gasteiger partial charge in [0.25, 0.3) is 5.88 Å². The van der Waals surface area contributed by atoms with E-state index in [0.29, 0.717) is 0 Å². The molecular formula is C22H29FN2O3. The minimum Gasteiger partial charge on any atom is -0.472 e. The summed E-state index contributed by atoms with van der Waals surface area (Å²) in [5.74, 6) is -0.347. The first-order chi connectivity index (χ1) is 13.5. The fraction of sp³-hybridized carbons (Fsp3) is 0.455. The number of hydrogen-bond donors (Lipinski definition) is 2. The van der Waals surface area contributed by atoms with Gasteiger partial charge in [-0.15, -0.1) is 0 Å². The van der Waals surface area contributed by atoms with Gasteiger partial charge in [0.05, 0.1) is 6.61 Å². The highest BCUT2D eigenvalue weighted by Crippen LogP contribution is 2.26. The van der Waals surface area contributed by atoms with E-state index in [4.69, 9.17) is 9.84 Å². The number of amides is 1. The molecule has 152 valence electrons. The van der Waals surface area contributed by atoms with Crippen molar-refractivity contribution in [2.45, 2.75) is 58.1 Å². The maximum Gasteiger partial charge on any atom is 0.250 e. The number of pyridine rings is 1. The molecule has 1 saturated carbocycles. The predicted octanol–water partition coefficient (Wildman–Crippen LogP) is 4.10. The number of nitrogens with one attached hydrogen (secondary N) is 1. The average molecular weight is 388 g/mol. The lowest BCUT2D eigenvalue weighted by Gasteiger charge is -2.22. The second kappa shape index (κ2) is 11.4. The number of hydrogen-bond acceptors (Lipinski definition) is 4. The van der Waals surface area contributed by atoms with Crippen molar-refractivity contribution in [2.24, 2.45) is 0 Å². The third-order valence-corrected chi connectivity index (χ3v) is 4.47. The minimum atomic E-state index is -0.378. The van der Waals surface area contributed by atoms with Crippen molar-refractivity contribution in [3.05, 3.63) is 48.4 Å². The van der Waals surface area contributed by atoms with Gasteiger partial charge in [-0.3, -0.25) is 4.79 Å². The lowest BCUT2D eigenvalue weighted by atomic mass is 9.98. The molecular weight excluding hydrogens is 359 g/mol. The molecule has 1 aliphatic rings. The molecule has 2 N–H and O–H groups in total. The number of ether oxygens (including phenoxy) is 1. The van der Waals surface area contributed by atoms with Crippen molar-refractivity contribution in [1.82, 2.24) is 10.3 Å². The molecule has 3 rings (SSSR count). The summed E-state index contributed by atoms with van der Waals surface area (Å²) in [4.78, 5) is 14.3. The smallest absolute Gasteiger partial charge is 0.250 e. The van der Waals surface area contributed by atoms with Gasteiger partial charge in [-0.1, -0.05) is 36.8 Å². The molecule has 1 aromatic heterocycles. The normalized spacial score (nSPS) is 15.1. The molecule has 1 aliphatic carbocycles. The number of aromatic nitrogens is 1. The SMILES string of the molecule is CC(=O)N[C@@H](C)CO.Fc1cc(-c2ccccc2)cnc1OC1CCCCC1. The van der Waals surface area contributed by atoms with E-state index >= 15 is 0 Å². The van der Waals surface area contributed by atoms with E-state index in [-0.39, 0.29) is 36.4 Å². The summed E-state index contributed by atoms with van der Waals surface area (Å²) in [6.45, 7) is 3.16. The third-order valence-electron chi connectivity index (χ3n) is 4.47. The number of carbonyl (C=O) groups excluding carboxylic acids is 1. The van der Waals surface area contributed by atoms with Gasteiger partial charge in [-0.25, -0.2) is 9.37 Å². The minimum absolute atomic E-state index is 0.000417. The van der Waals surface area contributed by atoms with E-state index < -0.39 is 0 Å². The molecule has 1 amide bonds. The topological polar surface area (TPSA) is 71.5 Å². The molecule has 0 radical (unpaired) electrons. The van der Waals surface area contributed by atoms with Gasteiger partial charge in [-0.2, -0.15) is 0 Å². The largest absolute Gasteiger partial charge is 0.472 e. The Morgan fingerprint density at radius 2 is 1.93 bits per heavy atom. The summed E-state index contributed by atoms with van der Waals surface area (Å²) >= 11 is 0. The van der Waals surface area contributed by atoms with E-state index in [9.17, 15) is 9.18 Å². The Kier molecular flexibility index (Phi) is 8.88. The van der Waals surface area contributed by atoms with Crippen molar-refractivity contribution in [2.75, 3.05) is 6.61 Å². The van der Waals surface area contributed by atoms with Crippen LogP contribution in [0.15, 0.2) is 42.6 Å². The monoisotopic (exact) mass is 388 g/mol. The van der Waals surface area contributed by atoms with E-state index in [0.717, 1.165) is 36.8 Å². The fourth-order valence-electron chi connectivity index (χ4n) is 3.03. The van der Waals surface area contributed by atoms with E-state index in [1.807, 2.05) is 30.3 Å². The van der Waals surface area contributed by atoms with Crippen LogP contribution in [0.3, 0.4) is 0 Å². The number of carbonyl (C=O) groups is 1. The summed E-state index contributed by atoms with van der Waals surface area (Å²) in [6, 6.07) is 11.1. The molecule has 0 spiro atoms. The zero-order chi connectivity index (χ0) is 20.4. The first-order valence-corrected chi connectivity index (χ1v) is 9.75. The summed E-state index contributed by atoms with van der Waals surface area (Å²) in [5, 5.41) is 10.9. The van der Waals surface area contributed by atoms with E-state index in [1.165, 1.54) is 19.4 Å². The summed E-state index contributed by atoms with van der Waals surface area (Å²) < 4.78 is 19.8. The Balaban J connectivity index is 0.000000300. The lowest BCUT2D eigenvalue weighted by Crippen LogP contribution is -2.32. The summed E-state index contributed by atoms with van der Waals surface area (Å²) in [6.07, 6.45) is 7.37. The maximum atomic E-state index is 14.1. The van der Waals surface area contributed by atoms with Crippen molar-refractivity contribution >= 4 is 5.91 Å². The highest BCUT2D eigenvalue weighted by molar-refractivity contribution is 5.73. The van der Waals surface area contributed by atoms with Gasteiger partial charge >= 0.3 is 0 Å². The maximum absolute atomic E-state index is 14.1. The Morgan fingerprint density at radius 1 is 1.25 bits per heavy atom. The number of rotatable bonds is 5. The molecule has 0 aliphatic heterocycles. The summed E-state index contributed by atoms with van der Waals surface area (Å²) in [5.41, 5.74) is 1.74. The number of aliphatic hydroxyl groups excluding tert-OH is 1. The lowest BCUT2D eigenvalue weighted by molar-refractivity contribution is -0.119. The quantitative estimate of drug-likeness (QED) is 0.809. The van der Waals surface area contributed by atoms with Gasteiger partial charge < -0.3 is 15.2 Å². The fourth-order valence-corrected chi connectivity index (χ4v) is 3.03. The third kappa shape index (κ3) is 7.27. The van der Waals surface area contributed by atoms with Gasteiger partial charge in [0, 0.05) is 24.7 Å². The Hall–Kier alpha value is -2.47. The van der Waals surface area contributed by atoms with Gasteiger partial charge in [0.15, 0.2) is 5.82 Å². The molecule has 28 heavy (non-hydrogen) atoms. The van der Waals surface area contributed by atoms with Crippen LogP contribution in [0.1, 0.15) is 46.0 Å². The molecule has 1 fully saturated rings. The Labute approximate surface area is 166 Å². The summed E-state index contributed by atoms with van der Waals surface area (Å²) in [7, 11) is 0. The van der Waals surface area contributed by atoms with Crippen LogP contribution in [0.4, 0.5) is 4.39 Å². The zero-order valence-electron chi connectivity index (χ0n) is 16.5. The van der Waals surface area contributed by atoms with E-state index in [2.05, 4.69) is 10.3 Å². The Morgan fingerprint density at radius 3 is 2.46 bits per heavy atom. The van der Waals surface area contributed by atoms with Crippen LogP contribution in [0.25, 0.3) is 11.1 Å². The van der Waals surface area contributed by atoms with Crippen LogP contribution in [-0.4, -0.2) is 34.8 Å². The van der Waals surface area contributed by atoms with Gasteiger partial charge in [-0.05, 0) is 44.2 Å². The predicted molar refractivity (Wildman–Crippen MR) is 107 cm³/mol. The Bertz CT molecular complexity index is 734. The van der Waals surface area contributed by atoms with E-state index in [1.54, 1.807) is 13.1 Å². The second-order valence-electron chi connectivity index (χ2n) is 7.04.